The lowest BCUT2D eigenvalue weighted by Gasteiger charge is -2.11. The van der Waals surface area contributed by atoms with Gasteiger partial charge in [-0.15, -0.1) is 0 Å². The molecule has 0 amide bonds. The van der Waals surface area contributed by atoms with E-state index in [9.17, 15) is 9.59 Å². The van der Waals surface area contributed by atoms with E-state index in [4.69, 9.17) is 18.0 Å². The van der Waals surface area contributed by atoms with Gasteiger partial charge in [0, 0.05) is 22.8 Å². The van der Waals surface area contributed by atoms with Crippen molar-refractivity contribution in [1.82, 2.24) is 0 Å². The molecule has 0 atom stereocenters. The molecular formula is C24H14O6. The highest BCUT2D eigenvalue weighted by Crippen LogP contribution is 2.41. The predicted octanol–water partition coefficient (Wildman–Crippen LogP) is 4.76. The maximum Gasteiger partial charge on any atom is 0.351 e. The molecule has 3 aromatic heterocycles. The molecule has 0 radical (unpaired) electrons. The van der Waals surface area contributed by atoms with E-state index in [0.29, 0.717) is 41.2 Å². The van der Waals surface area contributed by atoms with Crippen molar-refractivity contribution in [2.24, 2.45) is 0 Å². The molecule has 2 aromatic carbocycles. The van der Waals surface area contributed by atoms with Crippen LogP contribution in [-0.4, -0.2) is 6.61 Å². The van der Waals surface area contributed by atoms with Crippen molar-refractivity contribution in [2.75, 3.05) is 6.61 Å². The van der Waals surface area contributed by atoms with Crippen LogP contribution in [0.5, 0.6) is 5.75 Å². The average Bonchev–Trinajstić information content (AvgIpc) is 3.23. The van der Waals surface area contributed by atoms with Gasteiger partial charge in [-0.3, -0.25) is 0 Å². The maximum absolute atomic E-state index is 12.8. The van der Waals surface area contributed by atoms with Gasteiger partial charge in [-0.1, -0.05) is 30.3 Å². The lowest BCUT2D eigenvalue weighted by Crippen LogP contribution is -2.14. The fraction of sp³-hybridized carbons (Fsp3) is 0.0833. The van der Waals surface area contributed by atoms with E-state index >= 15 is 0 Å². The molecule has 0 fully saturated rings. The van der Waals surface area contributed by atoms with Crippen LogP contribution in [0.1, 0.15) is 5.56 Å². The Hall–Kier alpha value is -4.06. The van der Waals surface area contributed by atoms with Crippen LogP contribution in [0.15, 0.2) is 83.7 Å². The monoisotopic (exact) mass is 398 g/mol. The summed E-state index contributed by atoms with van der Waals surface area (Å²) in [6.07, 6.45) is 1.97. The molecule has 0 N–H and O–H groups in total. The van der Waals surface area contributed by atoms with Crippen LogP contribution in [-0.2, 0) is 6.42 Å². The predicted molar refractivity (Wildman–Crippen MR) is 111 cm³/mol. The fourth-order valence-corrected chi connectivity index (χ4v) is 4.09. The third kappa shape index (κ3) is 2.37. The van der Waals surface area contributed by atoms with Crippen molar-refractivity contribution in [3.05, 3.63) is 87.3 Å². The molecule has 6 rings (SSSR count). The zero-order chi connectivity index (χ0) is 20.2. The number of fused-ring (bicyclic) bond motifs is 7. The molecule has 1 aliphatic heterocycles. The quantitative estimate of drug-likeness (QED) is 0.405. The van der Waals surface area contributed by atoms with Gasteiger partial charge in [-0.25, -0.2) is 9.59 Å². The largest absolute Gasteiger partial charge is 0.492 e. The fourth-order valence-electron chi connectivity index (χ4n) is 4.09. The summed E-state index contributed by atoms with van der Waals surface area (Å²) >= 11 is 0. The van der Waals surface area contributed by atoms with Crippen LogP contribution < -0.4 is 16.0 Å². The minimum absolute atomic E-state index is 0.103. The third-order valence-corrected chi connectivity index (χ3v) is 5.44. The van der Waals surface area contributed by atoms with Crippen molar-refractivity contribution < 1.29 is 18.0 Å². The molecule has 0 spiro atoms. The van der Waals surface area contributed by atoms with E-state index in [2.05, 4.69) is 0 Å². The van der Waals surface area contributed by atoms with Crippen LogP contribution in [0.2, 0.25) is 0 Å². The first kappa shape index (κ1) is 16.9. The van der Waals surface area contributed by atoms with E-state index in [-0.39, 0.29) is 11.1 Å². The molecule has 1 aliphatic rings. The Kier molecular flexibility index (Phi) is 3.49. The summed E-state index contributed by atoms with van der Waals surface area (Å²) in [5.74, 6) is 1.76. The minimum Gasteiger partial charge on any atom is -0.492 e. The molecular weight excluding hydrogens is 384 g/mol. The topological polar surface area (TPSA) is 82.8 Å². The molecule has 0 aliphatic carbocycles. The van der Waals surface area contributed by atoms with Gasteiger partial charge in [0.15, 0.2) is 16.9 Å². The zero-order valence-corrected chi connectivity index (χ0v) is 15.6. The van der Waals surface area contributed by atoms with Gasteiger partial charge in [0.05, 0.1) is 18.4 Å². The first-order valence-corrected chi connectivity index (χ1v) is 9.53. The van der Waals surface area contributed by atoms with Crippen molar-refractivity contribution in [1.29, 1.82) is 0 Å². The molecule has 5 aromatic rings. The zero-order valence-electron chi connectivity index (χ0n) is 15.6. The van der Waals surface area contributed by atoms with Crippen LogP contribution in [0.3, 0.4) is 0 Å². The summed E-state index contributed by atoms with van der Waals surface area (Å²) in [4.78, 5) is 25.4. The molecule has 6 heteroatoms. The van der Waals surface area contributed by atoms with Crippen molar-refractivity contribution in [2.45, 2.75) is 6.42 Å². The van der Waals surface area contributed by atoms with Crippen molar-refractivity contribution >= 4 is 21.5 Å². The average molecular weight is 398 g/mol. The number of hydrogen-bond acceptors (Lipinski definition) is 6. The lowest BCUT2D eigenvalue weighted by molar-refractivity contribution is 0.330. The van der Waals surface area contributed by atoms with E-state index in [1.807, 2.05) is 36.4 Å². The number of furan rings is 1. The standard InChI is InChI=1S/C24H14O6/c25-23-20-17(12-19(29-23)18-6-3-10-27-18)15-9-11-28-21-14-5-2-1-4-13(14)7-8-16(21)22(15)30-24(20)26/h1-8,10,12H,9,11H2. The van der Waals surface area contributed by atoms with E-state index in [1.165, 1.54) is 6.26 Å². The molecule has 6 nitrogen and oxygen atoms in total. The van der Waals surface area contributed by atoms with Crippen LogP contribution in [0.4, 0.5) is 0 Å². The summed E-state index contributed by atoms with van der Waals surface area (Å²) < 4.78 is 22.4. The number of hydrogen-bond donors (Lipinski definition) is 0. The first-order chi connectivity index (χ1) is 14.7. The normalized spacial score (nSPS) is 12.9. The maximum atomic E-state index is 12.8. The Balaban J connectivity index is 1.72. The van der Waals surface area contributed by atoms with E-state index in [1.54, 1.807) is 18.2 Å². The first-order valence-electron chi connectivity index (χ1n) is 9.53. The second-order valence-electron chi connectivity index (χ2n) is 7.12. The van der Waals surface area contributed by atoms with Crippen molar-refractivity contribution in [3.8, 4) is 28.6 Å². The highest BCUT2D eigenvalue weighted by atomic mass is 16.5. The van der Waals surface area contributed by atoms with Gasteiger partial charge in [0.25, 0.3) is 0 Å². The third-order valence-electron chi connectivity index (χ3n) is 5.44. The summed E-state index contributed by atoms with van der Waals surface area (Å²) in [5.41, 5.74) is -0.0591. The molecule has 0 unspecified atom stereocenters. The Morgan fingerprint density at radius 2 is 1.67 bits per heavy atom. The van der Waals surface area contributed by atoms with Gasteiger partial charge in [-0.2, -0.15) is 0 Å². The summed E-state index contributed by atoms with van der Waals surface area (Å²) in [6.45, 7) is 0.382. The number of benzene rings is 2. The van der Waals surface area contributed by atoms with Crippen molar-refractivity contribution in [3.63, 3.8) is 0 Å². The highest BCUT2D eigenvalue weighted by Gasteiger charge is 2.25. The van der Waals surface area contributed by atoms with E-state index < -0.39 is 11.3 Å². The molecule has 0 bridgehead atoms. The summed E-state index contributed by atoms with van der Waals surface area (Å²) in [6, 6.07) is 16.8. The van der Waals surface area contributed by atoms with Gasteiger partial charge in [-0.05, 0) is 29.7 Å². The Morgan fingerprint density at radius 3 is 2.53 bits per heavy atom. The Morgan fingerprint density at radius 1 is 0.800 bits per heavy atom. The molecule has 4 heterocycles. The molecule has 30 heavy (non-hydrogen) atoms. The molecule has 0 saturated heterocycles. The van der Waals surface area contributed by atoms with Gasteiger partial charge >= 0.3 is 11.3 Å². The Labute approximate surface area is 168 Å². The summed E-state index contributed by atoms with van der Waals surface area (Å²) in [7, 11) is 0. The highest BCUT2D eigenvalue weighted by molar-refractivity contribution is 5.97. The van der Waals surface area contributed by atoms with Crippen LogP contribution >= 0.6 is 0 Å². The second-order valence-corrected chi connectivity index (χ2v) is 7.12. The second kappa shape index (κ2) is 6.22. The van der Waals surface area contributed by atoms with Gasteiger partial charge in [0.1, 0.15) is 11.5 Å². The Bertz CT molecular complexity index is 1550. The minimum atomic E-state index is -0.751. The molecule has 146 valence electrons. The lowest BCUT2D eigenvalue weighted by atomic mass is 9.98. The van der Waals surface area contributed by atoms with Gasteiger partial charge < -0.3 is 18.0 Å². The smallest absolute Gasteiger partial charge is 0.351 e. The number of rotatable bonds is 1. The van der Waals surface area contributed by atoms with Crippen LogP contribution in [0, 0.1) is 0 Å². The number of ether oxygens (including phenoxy) is 1. The van der Waals surface area contributed by atoms with Gasteiger partial charge in [0.2, 0.25) is 0 Å². The summed E-state index contributed by atoms with van der Waals surface area (Å²) in [5, 5.41) is 2.36. The van der Waals surface area contributed by atoms with E-state index in [0.717, 1.165) is 16.3 Å². The SMILES string of the molecule is O=c1oc(-c2ccco2)cc2c3c(oc(=O)c12)-c1ccc2ccccc2c1OCC3. The molecule has 0 saturated carbocycles. The van der Waals surface area contributed by atoms with Crippen LogP contribution in [0.25, 0.3) is 44.4 Å².